The molecule has 0 aliphatic carbocycles. The van der Waals surface area contributed by atoms with Crippen LogP contribution in [0.1, 0.15) is 11.1 Å². The van der Waals surface area contributed by atoms with Gasteiger partial charge in [0.2, 0.25) is 0 Å². The number of fused-ring (bicyclic) bond motifs is 1. The highest BCUT2D eigenvalue weighted by atomic mass is 35.5. The molecule has 120 valence electrons. The second-order valence-corrected chi connectivity index (χ2v) is 6.61. The van der Waals surface area contributed by atoms with E-state index >= 15 is 0 Å². The second-order valence-electron chi connectivity index (χ2n) is 5.83. The molecule has 0 amide bonds. The van der Waals surface area contributed by atoms with Crippen LogP contribution in [-0.2, 0) is 0 Å². The summed E-state index contributed by atoms with van der Waals surface area (Å²) in [5.74, 6) is 2.02. The Morgan fingerprint density at radius 2 is 1.79 bits per heavy atom. The predicted octanol–water partition coefficient (Wildman–Crippen LogP) is 6.41. The highest BCUT2D eigenvalue weighted by Gasteiger charge is 2.14. The molecular weight excluding hydrogens is 343 g/mol. The van der Waals surface area contributed by atoms with Crippen molar-refractivity contribution < 1.29 is 4.42 Å². The number of halogens is 2. The van der Waals surface area contributed by atoms with Gasteiger partial charge in [-0.3, -0.25) is 0 Å². The molecule has 0 fully saturated rings. The molecule has 0 saturated carbocycles. The first-order valence-corrected chi connectivity index (χ1v) is 8.30. The molecule has 0 aliphatic rings. The van der Waals surface area contributed by atoms with E-state index in [1.54, 1.807) is 6.07 Å². The molecule has 0 spiro atoms. The summed E-state index contributed by atoms with van der Waals surface area (Å²) in [6.07, 6.45) is 0. The zero-order valence-corrected chi connectivity index (χ0v) is 14.7. The average Bonchev–Trinajstić information content (AvgIpc) is 3.16. The van der Waals surface area contributed by atoms with E-state index in [0.717, 1.165) is 22.2 Å². The maximum absolute atomic E-state index is 6.27. The van der Waals surface area contributed by atoms with E-state index in [1.807, 2.05) is 24.3 Å². The predicted molar refractivity (Wildman–Crippen MR) is 98.7 cm³/mol. The fraction of sp³-hybridized carbons (Fsp3) is 0.105. The van der Waals surface area contributed by atoms with Crippen LogP contribution in [0.3, 0.4) is 0 Å². The van der Waals surface area contributed by atoms with Gasteiger partial charge in [-0.1, -0.05) is 35.3 Å². The van der Waals surface area contributed by atoms with Crippen molar-refractivity contribution in [2.45, 2.75) is 13.8 Å². The monoisotopic (exact) mass is 356 g/mol. The van der Waals surface area contributed by atoms with Gasteiger partial charge in [0.1, 0.15) is 5.76 Å². The molecule has 2 heterocycles. The van der Waals surface area contributed by atoms with Crippen LogP contribution in [0.2, 0.25) is 10.0 Å². The molecule has 2 aromatic heterocycles. The Balaban J connectivity index is 1.80. The van der Waals surface area contributed by atoms with Crippen molar-refractivity contribution in [1.29, 1.82) is 0 Å². The molecule has 5 heteroatoms. The summed E-state index contributed by atoms with van der Waals surface area (Å²) in [5.41, 5.74) is 5.05. The summed E-state index contributed by atoms with van der Waals surface area (Å²) < 4.78 is 5.95. The van der Waals surface area contributed by atoms with E-state index in [-0.39, 0.29) is 0 Å². The van der Waals surface area contributed by atoms with Gasteiger partial charge in [-0.05, 0) is 55.3 Å². The fourth-order valence-electron chi connectivity index (χ4n) is 2.89. The number of nitrogens with one attached hydrogen (secondary N) is 1. The van der Waals surface area contributed by atoms with Crippen LogP contribution in [0.5, 0.6) is 0 Å². The van der Waals surface area contributed by atoms with E-state index in [1.165, 1.54) is 5.56 Å². The highest BCUT2D eigenvalue weighted by Crippen LogP contribution is 2.36. The molecule has 0 aliphatic heterocycles. The van der Waals surface area contributed by atoms with Crippen molar-refractivity contribution in [1.82, 2.24) is 9.97 Å². The van der Waals surface area contributed by atoms with Crippen LogP contribution in [-0.4, -0.2) is 9.97 Å². The number of furan rings is 1. The minimum Gasteiger partial charge on any atom is -0.453 e. The topological polar surface area (TPSA) is 41.8 Å². The van der Waals surface area contributed by atoms with E-state index in [2.05, 4.69) is 35.9 Å². The van der Waals surface area contributed by atoms with Crippen molar-refractivity contribution in [2.24, 2.45) is 0 Å². The van der Waals surface area contributed by atoms with Gasteiger partial charge in [-0.2, -0.15) is 0 Å². The van der Waals surface area contributed by atoms with Gasteiger partial charge in [-0.25, -0.2) is 4.98 Å². The molecule has 0 saturated heterocycles. The van der Waals surface area contributed by atoms with Crippen LogP contribution in [0.15, 0.2) is 46.9 Å². The first kappa shape index (κ1) is 15.3. The normalized spacial score (nSPS) is 11.3. The molecule has 0 radical (unpaired) electrons. The lowest BCUT2D eigenvalue weighted by Crippen LogP contribution is -1.79. The van der Waals surface area contributed by atoms with E-state index in [9.17, 15) is 0 Å². The lowest BCUT2D eigenvalue weighted by atomic mass is 10.1. The third-order valence-electron chi connectivity index (χ3n) is 3.98. The maximum atomic E-state index is 6.27. The summed E-state index contributed by atoms with van der Waals surface area (Å²) in [7, 11) is 0. The standard InChI is InChI=1S/C19H14Cl2N2O/c1-10-8-11(2)18-14(9-10)22-19(23-18)16-7-6-15(24-16)12-4-3-5-13(20)17(12)21/h3-9H,1-2H3,(H,22,23). The molecule has 0 unspecified atom stereocenters. The molecule has 1 N–H and O–H groups in total. The average molecular weight is 357 g/mol. The molecular formula is C19H14Cl2N2O. The number of aromatic nitrogens is 2. The fourth-order valence-corrected chi connectivity index (χ4v) is 3.29. The number of H-pyrrole nitrogens is 1. The first-order valence-electron chi connectivity index (χ1n) is 7.54. The Labute approximate surface area is 149 Å². The van der Waals surface area contributed by atoms with Crippen LogP contribution in [0.25, 0.3) is 33.9 Å². The van der Waals surface area contributed by atoms with Crippen molar-refractivity contribution in [2.75, 3.05) is 0 Å². The summed E-state index contributed by atoms with van der Waals surface area (Å²) in [6, 6.07) is 13.4. The van der Waals surface area contributed by atoms with E-state index < -0.39 is 0 Å². The molecule has 4 rings (SSSR count). The molecule has 0 bridgehead atoms. The molecule has 0 atom stereocenters. The van der Waals surface area contributed by atoms with Gasteiger partial charge in [0.25, 0.3) is 0 Å². The number of benzene rings is 2. The highest BCUT2D eigenvalue weighted by molar-refractivity contribution is 6.43. The largest absolute Gasteiger partial charge is 0.453 e. The van der Waals surface area contributed by atoms with Gasteiger partial charge in [0, 0.05) is 5.56 Å². The van der Waals surface area contributed by atoms with Gasteiger partial charge < -0.3 is 9.40 Å². The van der Waals surface area contributed by atoms with Crippen molar-refractivity contribution >= 4 is 34.2 Å². The Kier molecular flexibility index (Phi) is 3.63. The van der Waals surface area contributed by atoms with Crippen LogP contribution in [0, 0.1) is 13.8 Å². The van der Waals surface area contributed by atoms with E-state index in [4.69, 9.17) is 27.6 Å². The summed E-state index contributed by atoms with van der Waals surface area (Å²) in [4.78, 5) is 7.98. The molecule has 3 nitrogen and oxygen atoms in total. The Morgan fingerprint density at radius 3 is 2.62 bits per heavy atom. The van der Waals surface area contributed by atoms with Crippen LogP contribution >= 0.6 is 23.2 Å². The van der Waals surface area contributed by atoms with Crippen molar-refractivity contribution in [3.8, 4) is 22.9 Å². The number of rotatable bonds is 2. The van der Waals surface area contributed by atoms with Gasteiger partial charge in [-0.15, -0.1) is 0 Å². The van der Waals surface area contributed by atoms with Gasteiger partial charge in [0.15, 0.2) is 11.6 Å². The van der Waals surface area contributed by atoms with Gasteiger partial charge in [0.05, 0.1) is 21.1 Å². The zero-order chi connectivity index (χ0) is 16.8. The Hall–Kier alpha value is -2.23. The van der Waals surface area contributed by atoms with Crippen molar-refractivity contribution in [3.63, 3.8) is 0 Å². The van der Waals surface area contributed by atoms with Crippen molar-refractivity contribution in [3.05, 3.63) is 63.6 Å². The lowest BCUT2D eigenvalue weighted by Gasteiger charge is -2.02. The number of aryl methyl sites for hydroxylation is 2. The van der Waals surface area contributed by atoms with Gasteiger partial charge >= 0.3 is 0 Å². The smallest absolute Gasteiger partial charge is 0.174 e. The molecule has 2 aromatic carbocycles. The maximum Gasteiger partial charge on any atom is 0.174 e. The summed E-state index contributed by atoms with van der Waals surface area (Å²) >= 11 is 12.4. The lowest BCUT2D eigenvalue weighted by molar-refractivity contribution is 0.593. The third kappa shape index (κ3) is 2.50. The number of hydrogen-bond donors (Lipinski definition) is 1. The summed E-state index contributed by atoms with van der Waals surface area (Å²) in [6.45, 7) is 4.12. The second kappa shape index (κ2) is 5.69. The number of imidazole rings is 1. The van der Waals surface area contributed by atoms with Crippen LogP contribution in [0.4, 0.5) is 0 Å². The van der Waals surface area contributed by atoms with E-state index in [0.29, 0.717) is 27.4 Å². The Bertz CT molecular complexity index is 1060. The summed E-state index contributed by atoms with van der Waals surface area (Å²) in [5, 5.41) is 0.984. The quantitative estimate of drug-likeness (QED) is 0.450. The SMILES string of the molecule is Cc1cc(C)c2nc(-c3ccc(-c4cccc(Cl)c4Cl)o3)[nH]c2c1. The number of nitrogens with zero attached hydrogens (tertiary/aromatic N) is 1. The number of aromatic amines is 1. The molecule has 24 heavy (non-hydrogen) atoms. The minimum absolute atomic E-state index is 0.483. The van der Waals surface area contributed by atoms with Crippen LogP contribution < -0.4 is 0 Å². The molecule has 4 aromatic rings. The minimum atomic E-state index is 0.483. The number of hydrogen-bond acceptors (Lipinski definition) is 2. The zero-order valence-electron chi connectivity index (χ0n) is 13.2. The first-order chi connectivity index (χ1) is 11.5. The Morgan fingerprint density at radius 1 is 1.00 bits per heavy atom. The third-order valence-corrected chi connectivity index (χ3v) is 4.80.